The highest BCUT2D eigenvalue weighted by Crippen LogP contribution is 2.22. The summed E-state index contributed by atoms with van der Waals surface area (Å²) in [5, 5.41) is 0. The summed E-state index contributed by atoms with van der Waals surface area (Å²) in [6, 6.07) is 12.3. The minimum absolute atomic E-state index is 0.791. The summed E-state index contributed by atoms with van der Waals surface area (Å²) in [5.74, 6) is 1.90. The van der Waals surface area contributed by atoms with Crippen LogP contribution in [0.3, 0.4) is 0 Å². The molecule has 0 amide bonds. The predicted octanol–water partition coefficient (Wildman–Crippen LogP) is 4.00. The maximum atomic E-state index is 5.18. The molecule has 0 fully saturated rings. The molecule has 102 valence electrons. The van der Waals surface area contributed by atoms with Gasteiger partial charge in [-0.25, -0.2) is 4.98 Å². The molecule has 20 heavy (non-hydrogen) atoms. The Bertz CT molecular complexity index is 747. The lowest BCUT2D eigenvalue weighted by molar-refractivity contribution is 0.414. The van der Waals surface area contributed by atoms with Crippen molar-refractivity contribution < 1.29 is 4.74 Å². The molecule has 4 heteroatoms. The van der Waals surface area contributed by atoms with Gasteiger partial charge in [-0.15, -0.1) is 0 Å². The Morgan fingerprint density at radius 3 is 2.65 bits per heavy atom. The topological polar surface area (TPSA) is 26.5 Å². The van der Waals surface area contributed by atoms with Crippen molar-refractivity contribution in [3.8, 4) is 5.75 Å². The van der Waals surface area contributed by atoms with E-state index in [0.717, 1.165) is 28.1 Å². The van der Waals surface area contributed by atoms with Crippen LogP contribution in [0.25, 0.3) is 5.52 Å². The lowest BCUT2D eigenvalue weighted by Gasteiger charge is -2.04. The van der Waals surface area contributed by atoms with Gasteiger partial charge < -0.3 is 9.14 Å². The molecule has 0 radical (unpaired) electrons. The van der Waals surface area contributed by atoms with E-state index in [-0.39, 0.29) is 0 Å². The van der Waals surface area contributed by atoms with Gasteiger partial charge in [0, 0.05) is 12.6 Å². The second kappa shape index (κ2) is 5.29. The summed E-state index contributed by atoms with van der Waals surface area (Å²) < 4.78 is 8.20. The number of benzene rings is 1. The van der Waals surface area contributed by atoms with Gasteiger partial charge in [0.1, 0.15) is 16.2 Å². The number of methoxy groups -OCH3 is 1. The van der Waals surface area contributed by atoms with E-state index in [0.29, 0.717) is 0 Å². The third kappa shape index (κ3) is 2.43. The van der Waals surface area contributed by atoms with Crippen LogP contribution in [0, 0.1) is 6.92 Å². The SMILES string of the molecule is COc1ccc(Cc2nc(Br)c3cc(C)ccn23)cc1. The first-order valence-corrected chi connectivity index (χ1v) is 7.22. The quantitative estimate of drug-likeness (QED) is 0.725. The van der Waals surface area contributed by atoms with Crippen molar-refractivity contribution >= 4 is 21.4 Å². The summed E-state index contributed by atoms with van der Waals surface area (Å²) in [7, 11) is 1.68. The molecule has 3 aromatic rings. The van der Waals surface area contributed by atoms with Gasteiger partial charge in [-0.05, 0) is 58.2 Å². The van der Waals surface area contributed by atoms with Crippen molar-refractivity contribution in [1.82, 2.24) is 9.38 Å². The first-order chi connectivity index (χ1) is 9.67. The molecule has 0 aliphatic rings. The highest BCUT2D eigenvalue weighted by atomic mass is 79.9. The van der Waals surface area contributed by atoms with Crippen LogP contribution < -0.4 is 4.74 Å². The number of hydrogen-bond acceptors (Lipinski definition) is 2. The Morgan fingerprint density at radius 2 is 1.95 bits per heavy atom. The number of hydrogen-bond donors (Lipinski definition) is 0. The van der Waals surface area contributed by atoms with Gasteiger partial charge in [0.05, 0.1) is 12.6 Å². The number of aryl methyl sites for hydroxylation is 1. The van der Waals surface area contributed by atoms with E-state index in [1.807, 2.05) is 12.1 Å². The van der Waals surface area contributed by atoms with Crippen LogP contribution in [0.2, 0.25) is 0 Å². The van der Waals surface area contributed by atoms with Gasteiger partial charge >= 0.3 is 0 Å². The van der Waals surface area contributed by atoms with E-state index < -0.39 is 0 Å². The minimum Gasteiger partial charge on any atom is -0.497 e. The summed E-state index contributed by atoms with van der Waals surface area (Å²) in [4.78, 5) is 4.62. The Kier molecular flexibility index (Phi) is 3.49. The fraction of sp³-hybridized carbons (Fsp3) is 0.188. The number of rotatable bonds is 3. The third-order valence-corrected chi connectivity index (χ3v) is 3.93. The molecule has 2 aromatic heterocycles. The molecule has 0 unspecified atom stereocenters. The predicted molar refractivity (Wildman–Crippen MR) is 83.4 cm³/mol. The Balaban J connectivity index is 1.97. The monoisotopic (exact) mass is 330 g/mol. The van der Waals surface area contributed by atoms with Crippen molar-refractivity contribution in [3.63, 3.8) is 0 Å². The van der Waals surface area contributed by atoms with Crippen molar-refractivity contribution in [3.05, 3.63) is 64.1 Å². The van der Waals surface area contributed by atoms with E-state index in [1.165, 1.54) is 11.1 Å². The van der Waals surface area contributed by atoms with E-state index in [2.05, 4.69) is 62.7 Å². The van der Waals surface area contributed by atoms with E-state index in [4.69, 9.17) is 4.74 Å². The van der Waals surface area contributed by atoms with Crippen LogP contribution in [-0.2, 0) is 6.42 Å². The van der Waals surface area contributed by atoms with Gasteiger partial charge in [-0.1, -0.05) is 12.1 Å². The largest absolute Gasteiger partial charge is 0.497 e. The fourth-order valence-corrected chi connectivity index (χ4v) is 2.78. The normalized spacial score (nSPS) is 10.9. The van der Waals surface area contributed by atoms with Crippen molar-refractivity contribution in [2.24, 2.45) is 0 Å². The third-order valence-electron chi connectivity index (χ3n) is 3.35. The van der Waals surface area contributed by atoms with E-state index in [9.17, 15) is 0 Å². The molecule has 2 heterocycles. The first kappa shape index (κ1) is 13.2. The van der Waals surface area contributed by atoms with Gasteiger partial charge in [0.2, 0.25) is 0 Å². The average Bonchev–Trinajstić information content (AvgIpc) is 2.76. The zero-order valence-electron chi connectivity index (χ0n) is 11.4. The summed E-state index contributed by atoms with van der Waals surface area (Å²) in [6.45, 7) is 2.09. The number of pyridine rings is 1. The Morgan fingerprint density at radius 1 is 1.20 bits per heavy atom. The summed E-state index contributed by atoms with van der Waals surface area (Å²) in [5.41, 5.74) is 3.55. The second-order valence-corrected chi connectivity index (χ2v) is 5.55. The number of halogens is 1. The van der Waals surface area contributed by atoms with E-state index >= 15 is 0 Å². The smallest absolute Gasteiger partial charge is 0.132 e. The average molecular weight is 331 g/mol. The molecular weight excluding hydrogens is 316 g/mol. The summed E-state index contributed by atoms with van der Waals surface area (Å²) >= 11 is 3.54. The molecule has 0 aliphatic heterocycles. The highest BCUT2D eigenvalue weighted by molar-refractivity contribution is 9.10. The second-order valence-electron chi connectivity index (χ2n) is 4.80. The van der Waals surface area contributed by atoms with Crippen LogP contribution in [-0.4, -0.2) is 16.5 Å². The van der Waals surface area contributed by atoms with Crippen molar-refractivity contribution in [2.45, 2.75) is 13.3 Å². The van der Waals surface area contributed by atoms with Crippen LogP contribution in [0.4, 0.5) is 0 Å². The Hall–Kier alpha value is -1.81. The van der Waals surface area contributed by atoms with Gasteiger partial charge in [0.25, 0.3) is 0 Å². The highest BCUT2D eigenvalue weighted by Gasteiger charge is 2.09. The molecule has 0 saturated heterocycles. The van der Waals surface area contributed by atoms with Crippen LogP contribution in [0.5, 0.6) is 5.75 Å². The van der Waals surface area contributed by atoms with Crippen LogP contribution in [0.1, 0.15) is 17.0 Å². The lowest BCUT2D eigenvalue weighted by Crippen LogP contribution is -1.96. The number of imidazole rings is 1. The zero-order valence-corrected chi connectivity index (χ0v) is 13.0. The molecule has 1 aromatic carbocycles. The number of aromatic nitrogens is 2. The van der Waals surface area contributed by atoms with Crippen LogP contribution in [0.15, 0.2) is 47.2 Å². The van der Waals surface area contributed by atoms with Crippen LogP contribution >= 0.6 is 15.9 Å². The molecule has 3 rings (SSSR count). The number of fused-ring (bicyclic) bond motifs is 1. The standard InChI is InChI=1S/C16H15BrN2O/c1-11-7-8-19-14(9-11)16(17)18-15(19)10-12-3-5-13(20-2)6-4-12/h3-9H,10H2,1-2H3. The molecule has 0 atom stereocenters. The molecule has 0 bridgehead atoms. The van der Waals surface area contributed by atoms with Gasteiger partial charge in [-0.3, -0.25) is 0 Å². The van der Waals surface area contributed by atoms with E-state index in [1.54, 1.807) is 7.11 Å². The Labute approximate surface area is 126 Å². The first-order valence-electron chi connectivity index (χ1n) is 6.43. The minimum atomic E-state index is 0.791. The molecule has 0 aliphatic carbocycles. The lowest BCUT2D eigenvalue weighted by atomic mass is 10.1. The van der Waals surface area contributed by atoms with Gasteiger partial charge in [-0.2, -0.15) is 0 Å². The number of ether oxygens (including phenoxy) is 1. The molecule has 3 nitrogen and oxygen atoms in total. The zero-order chi connectivity index (χ0) is 14.1. The maximum absolute atomic E-state index is 5.18. The molecular formula is C16H15BrN2O. The van der Waals surface area contributed by atoms with Gasteiger partial charge in [0.15, 0.2) is 0 Å². The fourth-order valence-electron chi connectivity index (χ4n) is 2.26. The summed E-state index contributed by atoms with van der Waals surface area (Å²) in [6.07, 6.45) is 2.86. The molecule has 0 spiro atoms. The number of nitrogens with zero attached hydrogens (tertiary/aromatic N) is 2. The van der Waals surface area contributed by atoms with Crippen molar-refractivity contribution in [2.75, 3.05) is 7.11 Å². The van der Waals surface area contributed by atoms with Crippen molar-refractivity contribution in [1.29, 1.82) is 0 Å². The molecule has 0 saturated carbocycles. The molecule has 0 N–H and O–H groups in total. The maximum Gasteiger partial charge on any atom is 0.132 e.